The molecule has 3 aliphatic heterocycles. The summed E-state index contributed by atoms with van der Waals surface area (Å²) in [6.45, 7) is 5.64. The molecule has 0 saturated carbocycles. The monoisotopic (exact) mass is 355 g/mol. The molecular weight excluding hydrogens is 330 g/mol. The number of aliphatic hydroxyl groups excluding tert-OH is 1. The minimum absolute atomic E-state index is 0.125. The first kappa shape index (κ1) is 16.3. The minimum atomic E-state index is -0.209. The van der Waals surface area contributed by atoms with Crippen LogP contribution in [0.5, 0.6) is 0 Å². The molecule has 1 aromatic carbocycles. The van der Waals surface area contributed by atoms with Crippen LogP contribution in [-0.4, -0.2) is 47.3 Å². The Kier molecular flexibility index (Phi) is 3.50. The number of aliphatic hydroxyl groups is 1. The number of nitrogens with zero attached hydrogens (tertiary/aromatic N) is 1. The first-order valence-electron chi connectivity index (χ1n) is 9.54. The van der Waals surface area contributed by atoms with Crippen molar-refractivity contribution >= 4 is 16.9 Å². The van der Waals surface area contributed by atoms with Crippen LogP contribution in [0, 0.1) is 25.7 Å². The number of likely N-dealkylation sites (tertiary alicyclic amines) is 1. The van der Waals surface area contributed by atoms with E-state index in [4.69, 9.17) is 9.15 Å². The molecule has 1 aromatic heterocycles. The third kappa shape index (κ3) is 2.20. The van der Waals surface area contributed by atoms with Crippen molar-refractivity contribution in [3.05, 3.63) is 35.1 Å². The van der Waals surface area contributed by atoms with Crippen LogP contribution in [0.4, 0.5) is 0 Å². The van der Waals surface area contributed by atoms with E-state index in [1.54, 1.807) is 6.26 Å². The zero-order chi connectivity index (χ0) is 18.1. The Morgan fingerprint density at radius 1 is 1.38 bits per heavy atom. The summed E-state index contributed by atoms with van der Waals surface area (Å²) in [5, 5.41) is 10.8. The molecule has 2 bridgehead atoms. The van der Waals surface area contributed by atoms with Crippen LogP contribution in [0.15, 0.2) is 22.8 Å². The molecule has 4 atom stereocenters. The zero-order valence-corrected chi connectivity index (χ0v) is 15.3. The molecule has 4 heterocycles. The lowest BCUT2D eigenvalue weighted by Gasteiger charge is -2.27. The number of furan rings is 1. The number of carbonyl (C=O) groups excluding carboxylic acids is 1. The van der Waals surface area contributed by atoms with Crippen molar-refractivity contribution in [1.29, 1.82) is 0 Å². The van der Waals surface area contributed by atoms with Crippen molar-refractivity contribution in [2.24, 2.45) is 11.8 Å². The maximum Gasteiger partial charge on any atom is 0.227 e. The van der Waals surface area contributed by atoms with Crippen molar-refractivity contribution in [2.45, 2.75) is 44.8 Å². The number of aryl methyl sites for hydroxylation is 2. The average molecular weight is 355 g/mol. The Balaban J connectivity index is 1.38. The van der Waals surface area contributed by atoms with Crippen molar-refractivity contribution in [3.8, 4) is 0 Å². The number of carbonyl (C=O) groups is 1. The summed E-state index contributed by atoms with van der Waals surface area (Å²) in [7, 11) is 0. The van der Waals surface area contributed by atoms with Gasteiger partial charge in [0.15, 0.2) is 0 Å². The Bertz CT molecular complexity index is 888. The quantitative estimate of drug-likeness (QED) is 0.919. The second-order valence-electron chi connectivity index (χ2n) is 8.38. The van der Waals surface area contributed by atoms with E-state index < -0.39 is 0 Å². The summed E-state index contributed by atoms with van der Waals surface area (Å²) in [6, 6.07) is 4.15. The number of hydrogen-bond acceptors (Lipinski definition) is 4. The number of hydrogen-bond donors (Lipinski definition) is 1. The second kappa shape index (κ2) is 5.57. The van der Waals surface area contributed by atoms with E-state index in [0.29, 0.717) is 19.5 Å². The maximum atomic E-state index is 13.0. The van der Waals surface area contributed by atoms with Gasteiger partial charge in [0.05, 0.1) is 30.9 Å². The van der Waals surface area contributed by atoms with Gasteiger partial charge in [-0.05, 0) is 43.9 Å². The van der Waals surface area contributed by atoms with E-state index in [1.165, 1.54) is 0 Å². The topological polar surface area (TPSA) is 62.9 Å². The molecule has 0 aliphatic carbocycles. The summed E-state index contributed by atoms with van der Waals surface area (Å²) in [5.74, 6) is 0.586. The molecule has 0 radical (unpaired) electrons. The van der Waals surface area contributed by atoms with Crippen LogP contribution in [0.25, 0.3) is 11.0 Å². The Labute approximate surface area is 152 Å². The van der Waals surface area contributed by atoms with Crippen LogP contribution in [0.3, 0.4) is 0 Å². The van der Waals surface area contributed by atoms with Gasteiger partial charge in [-0.25, -0.2) is 0 Å². The molecule has 3 fully saturated rings. The highest BCUT2D eigenvalue weighted by atomic mass is 16.5. The summed E-state index contributed by atoms with van der Waals surface area (Å²) in [4.78, 5) is 14.9. The van der Waals surface area contributed by atoms with E-state index >= 15 is 0 Å². The van der Waals surface area contributed by atoms with E-state index in [2.05, 4.69) is 19.9 Å². The molecule has 5 nitrogen and oxygen atoms in total. The summed E-state index contributed by atoms with van der Waals surface area (Å²) < 4.78 is 11.9. The van der Waals surface area contributed by atoms with Crippen molar-refractivity contribution in [2.75, 3.05) is 19.7 Å². The number of amides is 1. The third-order valence-corrected chi connectivity index (χ3v) is 6.78. The molecule has 5 rings (SSSR count). The molecule has 26 heavy (non-hydrogen) atoms. The van der Waals surface area contributed by atoms with Crippen LogP contribution >= 0.6 is 0 Å². The summed E-state index contributed by atoms with van der Waals surface area (Å²) in [5.41, 5.74) is 3.91. The minimum Gasteiger partial charge on any atom is -0.464 e. The zero-order valence-electron chi connectivity index (χ0n) is 15.3. The van der Waals surface area contributed by atoms with Gasteiger partial charge in [0.25, 0.3) is 0 Å². The SMILES string of the molecule is Cc1cc(C)c2c(CC(=O)N3C[C@H]4[C@@H](CO)[C@@H]5CC[C@@]4(C3)O5)coc2c1. The maximum absolute atomic E-state index is 13.0. The van der Waals surface area contributed by atoms with Gasteiger partial charge in [0.2, 0.25) is 5.91 Å². The van der Waals surface area contributed by atoms with Gasteiger partial charge in [-0.3, -0.25) is 4.79 Å². The highest BCUT2D eigenvalue weighted by molar-refractivity contribution is 5.90. The molecule has 3 saturated heterocycles. The molecule has 3 aliphatic rings. The molecule has 1 spiro atoms. The highest BCUT2D eigenvalue weighted by Gasteiger charge is 2.63. The van der Waals surface area contributed by atoms with E-state index in [9.17, 15) is 9.90 Å². The Hall–Kier alpha value is -1.85. The number of rotatable bonds is 3. The fourth-order valence-corrected chi connectivity index (χ4v) is 5.66. The molecule has 1 amide bonds. The third-order valence-electron chi connectivity index (χ3n) is 6.78. The first-order chi connectivity index (χ1) is 12.5. The standard InChI is InChI=1S/C21H25NO4/c1-12-5-13(2)20-14(10-25-18(20)6-12)7-19(24)22-8-16-15(9-23)17-3-4-21(16,11-22)26-17/h5-6,10,15-17,23H,3-4,7-9,11H2,1-2H3/t15-,16+,17+,21+/m1/s1. The second-order valence-corrected chi connectivity index (χ2v) is 8.38. The van der Waals surface area contributed by atoms with Gasteiger partial charge in [-0.1, -0.05) is 6.07 Å². The molecular formula is C21H25NO4. The Morgan fingerprint density at radius 3 is 3.04 bits per heavy atom. The van der Waals surface area contributed by atoms with Crippen LogP contribution in [0.2, 0.25) is 0 Å². The largest absolute Gasteiger partial charge is 0.464 e. The van der Waals surface area contributed by atoms with Crippen LogP contribution in [0.1, 0.15) is 29.5 Å². The number of benzene rings is 1. The van der Waals surface area contributed by atoms with E-state index in [0.717, 1.165) is 40.5 Å². The van der Waals surface area contributed by atoms with Gasteiger partial charge in [-0.2, -0.15) is 0 Å². The normalized spacial score (nSPS) is 32.6. The van der Waals surface area contributed by atoms with E-state index in [-0.39, 0.29) is 36.1 Å². The molecule has 138 valence electrons. The fraction of sp³-hybridized carbons (Fsp3) is 0.571. The van der Waals surface area contributed by atoms with Gasteiger partial charge in [0.1, 0.15) is 5.58 Å². The lowest BCUT2D eigenvalue weighted by atomic mass is 9.74. The van der Waals surface area contributed by atoms with Crippen LogP contribution < -0.4 is 0 Å². The average Bonchev–Trinajstić information content (AvgIpc) is 3.32. The molecule has 1 N–H and O–H groups in total. The van der Waals surface area contributed by atoms with Crippen molar-refractivity contribution < 1.29 is 19.1 Å². The molecule has 2 aromatic rings. The van der Waals surface area contributed by atoms with Crippen molar-refractivity contribution in [1.82, 2.24) is 4.90 Å². The number of fused-ring (bicyclic) bond motifs is 2. The molecule has 5 heteroatoms. The highest BCUT2D eigenvalue weighted by Crippen LogP contribution is 2.54. The fourth-order valence-electron chi connectivity index (χ4n) is 5.66. The van der Waals surface area contributed by atoms with Gasteiger partial charge in [0, 0.05) is 35.9 Å². The summed E-state index contributed by atoms with van der Waals surface area (Å²) in [6.07, 6.45) is 4.28. The van der Waals surface area contributed by atoms with Crippen molar-refractivity contribution in [3.63, 3.8) is 0 Å². The molecule has 0 unspecified atom stereocenters. The first-order valence-corrected chi connectivity index (χ1v) is 9.54. The Morgan fingerprint density at radius 2 is 2.23 bits per heavy atom. The van der Waals surface area contributed by atoms with Gasteiger partial charge in [-0.15, -0.1) is 0 Å². The lowest BCUT2D eigenvalue weighted by molar-refractivity contribution is -0.131. The smallest absolute Gasteiger partial charge is 0.227 e. The summed E-state index contributed by atoms with van der Waals surface area (Å²) >= 11 is 0. The predicted octanol–water partition coefficient (Wildman–Crippen LogP) is 2.59. The lowest BCUT2D eigenvalue weighted by Crippen LogP contribution is -2.38. The van der Waals surface area contributed by atoms with Gasteiger partial charge >= 0.3 is 0 Å². The van der Waals surface area contributed by atoms with E-state index in [1.807, 2.05) is 11.0 Å². The predicted molar refractivity (Wildman–Crippen MR) is 96.9 cm³/mol. The number of ether oxygens (including phenoxy) is 1. The van der Waals surface area contributed by atoms with Gasteiger partial charge < -0.3 is 19.2 Å². The van der Waals surface area contributed by atoms with Crippen LogP contribution in [-0.2, 0) is 16.0 Å².